The molecule has 8 rings (SSSR count). The Morgan fingerprint density at radius 3 is 2.19 bits per heavy atom. The van der Waals surface area contributed by atoms with Crippen LogP contribution >= 0.6 is 11.3 Å². The molecule has 0 unspecified atom stereocenters. The number of hydrogen-bond donors (Lipinski definition) is 3. The summed E-state index contributed by atoms with van der Waals surface area (Å²) in [6.07, 6.45) is 7.98. The van der Waals surface area contributed by atoms with Crippen molar-refractivity contribution in [3.8, 4) is 21.8 Å². The van der Waals surface area contributed by atoms with Crippen molar-refractivity contribution in [3.05, 3.63) is 65.2 Å². The van der Waals surface area contributed by atoms with E-state index in [0.29, 0.717) is 107 Å². The predicted octanol–water partition coefficient (Wildman–Crippen LogP) is 4.37. The molecular formula is C43H52FN11O6S2. The Labute approximate surface area is 369 Å². The first-order valence-electron chi connectivity index (χ1n) is 21.5. The number of anilines is 3. The normalized spacial score (nSPS) is 19.7. The number of likely N-dealkylation sites (tertiary alicyclic amines) is 2. The lowest BCUT2D eigenvalue weighted by molar-refractivity contribution is -0.143. The summed E-state index contributed by atoms with van der Waals surface area (Å²) in [7, 11) is -2.59. The molecule has 7 heterocycles. The van der Waals surface area contributed by atoms with Gasteiger partial charge in [0, 0.05) is 95.0 Å². The third-order valence-electron chi connectivity index (χ3n) is 12.8. The third-order valence-corrected chi connectivity index (χ3v) is 15.6. The van der Waals surface area contributed by atoms with E-state index >= 15 is 4.39 Å². The number of aromatic nitrogens is 4. The summed E-state index contributed by atoms with van der Waals surface area (Å²) in [6.45, 7) is 5.43. The smallest absolute Gasteiger partial charge is 0.301 e. The number of hydrogen-bond acceptors (Lipinski definition) is 13. The minimum Gasteiger partial charge on any atom is -0.368 e. The molecule has 0 radical (unpaired) electrons. The first-order valence-corrected chi connectivity index (χ1v) is 23.8. The highest BCUT2D eigenvalue weighted by Crippen LogP contribution is 2.43. The van der Waals surface area contributed by atoms with Crippen molar-refractivity contribution in [2.24, 2.45) is 11.8 Å². The van der Waals surface area contributed by atoms with Crippen molar-refractivity contribution >= 4 is 62.6 Å². The van der Waals surface area contributed by atoms with E-state index in [9.17, 15) is 27.6 Å². The molecule has 1 atom stereocenters. The number of nitrogens with one attached hydrogen (secondary N) is 2. The number of rotatable bonds is 11. The van der Waals surface area contributed by atoms with Crippen LogP contribution in [0.15, 0.2) is 48.8 Å². The topological polar surface area (TPSA) is 217 Å². The van der Waals surface area contributed by atoms with Gasteiger partial charge in [0.1, 0.15) is 5.82 Å². The summed E-state index contributed by atoms with van der Waals surface area (Å²) in [5.74, 6) is -0.830. The van der Waals surface area contributed by atoms with Gasteiger partial charge < -0.3 is 20.4 Å². The maximum absolute atomic E-state index is 16.2. The Morgan fingerprint density at radius 1 is 0.905 bits per heavy atom. The van der Waals surface area contributed by atoms with Crippen LogP contribution in [-0.2, 0) is 29.4 Å². The molecule has 4 N–H and O–H groups in total. The first kappa shape index (κ1) is 44.0. The molecule has 20 heteroatoms. The monoisotopic (exact) mass is 901 g/mol. The zero-order valence-electron chi connectivity index (χ0n) is 35.3. The average Bonchev–Trinajstić information content (AvgIpc) is 3.74. The van der Waals surface area contributed by atoms with Crippen LogP contribution < -0.4 is 20.7 Å². The van der Waals surface area contributed by atoms with Gasteiger partial charge in [-0.05, 0) is 74.8 Å². The van der Waals surface area contributed by atoms with Crippen molar-refractivity contribution in [2.45, 2.75) is 70.1 Å². The second-order valence-corrected chi connectivity index (χ2v) is 19.4. The molecule has 4 fully saturated rings. The van der Waals surface area contributed by atoms with Crippen LogP contribution in [0.1, 0.15) is 80.7 Å². The quantitative estimate of drug-likeness (QED) is 0.179. The van der Waals surface area contributed by atoms with Gasteiger partial charge in [0.2, 0.25) is 29.6 Å². The minimum absolute atomic E-state index is 0.00690. The van der Waals surface area contributed by atoms with Crippen LogP contribution in [0.2, 0.25) is 0 Å². The average molecular weight is 902 g/mol. The van der Waals surface area contributed by atoms with Crippen molar-refractivity contribution in [1.82, 2.24) is 39.4 Å². The number of carbonyl (C=O) groups is 4. The van der Waals surface area contributed by atoms with Gasteiger partial charge in [-0.25, -0.2) is 24.3 Å². The van der Waals surface area contributed by atoms with E-state index in [1.165, 1.54) is 30.6 Å². The number of piperidine rings is 4. The van der Waals surface area contributed by atoms with Crippen LogP contribution in [0.4, 0.5) is 21.8 Å². The maximum Gasteiger partial charge on any atom is 0.301 e. The fraction of sp³-hybridized carbons (Fsp3) is 0.488. The summed E-state index contributed by atoms with van der Waals surface area (Å²) in [5, 5.41) is 3.16. The van der Waals surface area contributed by atoms with Crippen LogP contribution in [0.25, 0.3) is 21.8 Å². The molecule has 0 aliphatic carbocycles. The zero-order chi connectivity index (χ0) is 44.4. The van der Waals surface area contributed by atoms with Crippen LogP contribution in [0, 0.1) is 17.7 Å². The first-order chi connectivity index (χ1) is 30.3. The van der Waals surface area contributed by atoms with E-state index in [2.05, 4.69) is 29.9 Å². The molecule has 0 bridgehead atoms. The predicted molar refractivity (Wildman–Crippen MR) is 236 cm³/mol. The molecule has 4 aliphatic rings. The van der Waals surface area contributed by atoms with Gasteiger partial charge in [0.05, 0.1) is 32.9 Å². The summed E-state index contributed by atoms with van der Waals surface area (Å²) >= 11 is 1.38. The summed E-state index contributed by atoms with van der Waals surface area (Å²) in [6, 6.07) is 9.97. The van der Waals surface area contributed by atoms with Crippen LogP contribution in [0.5, 0.6) is 0 Å². The summed E-state index contributed by atoms with van der Waals surface area (Å²) < 4.78 is 45.2. The molecule has 4 aromatic rings. The number of thiazole rings is 1. The van der Waals surface area contributed by atoms with Crippen molar-refractivity contribution < 1.29 is 32.0 Å². The largest absolute Gasteiger partial charge is 0.368 e. The molecule has 3 aromatic heterocycles. The molecule has 4 aliphatic heterocycles. The second kappa shape index (κ2) is 18.6. The number of nitrogens with two attached hydrogens (primary N) is 1. The van der Waals surface area contributed by atoms with Crippen LogP contribution in [-0.4, -0.2) is 119 Å². The Bertz CT molecular complexity index is 2460. The lowest BCUT2D eigenvalue weighted by Gasteiger charge is -2.39. The van der Waals surface area contributed by atoms with Gasteiger partial charge in [0.15, 0.2) is 5.82 Å². The molecule has 1 aromatic carbocycles. The second-order valence-electron chi connectivity index (χ2n) is 16.6. The molecule has 0 spiro atoms. The van der Waals surface area contributed by atoms with Gasteiger partial charge in [-0.15, -0.1) is 11.3 Å². The molecule has 63 heavy (non-hydrogen) atoms. The highest BCUT2D eigenvalue weighted by molar-refractivity contribution is 7.90. The molecule has 0 saturated carbocycles. The number of pyridine rings is 1. The van der Waals surface area contributed by atoms with E-state index in [-0.39, 0.29) is 71.0 Å². The van der Waals surface area contributed by atoms with Crippen molar-refractivity contribution in [1.29, 1.82) is 0 Å². The molecule has 334 valence electrons. The third kappa shape index (κ3) is 9.52. The minimum atomic E-state index is -3.99. The summed E-state index contributed by atoms with van der Waals surface area (Å²) in [4.78, 5) is 75.8. The van der Waals surface area contributed by atoms with Gasteiger partial charge in [-0.2, -0.15) is 12.7 Å². The van der Waals surface area contributed by atoms with E-state index in [1.807, 2.05) is 21.9 Å². The fourth-order valence-corrected chi connectivity index (χ4v) is 11.1. The standard InChI is InChI=1S/C43H52FN11O6S2/c1-3-52(2)63(60,61)51-32-6-4-5-31(36(32)44)37-38(33-11-18-46-43(45)48-33)62-40(50-37)26-12-21-54(22-13-26)42(59)28-16-23-55(24-17-28)41(58)27-14-19-53(20-15-27)34-9-7-29(25-47-34)30-8-10-35(56)49-39(30)57/h4-7,9,11,18,25-28,30,51H,3,8,10,12-17,19-24H2,1-2H3,(H2,45,46,48)(H,49,56,57)/t30-/m1/s1. The number of amides is 4. The van der Waals surface area contributed by atoms with Gasteiger partial charge in [-0.3, -0.25) is 29.2 Å². The fourth-order valence-electron chi connectivity index (χ4n) is 8.92. The van der Waals surface area contributed by atoms with Crippen molar-refractivity contribution in [3.63, 3.8) is 0 Å². The highest BCUT2D eigenvalue weighted by Gasteiger charge is 2.36. The number of benzene rings is 1. The lowest BCUT2D eigenvalue weighted by atomic mass is 9.90. The zero-order valence-corrected chi connectivity index (χ0v) is 37.0. The maximum atomic E-state index is 16.2. The number of nitrogen functional groups attached to an aromatic ring is 1. The number of nitrogens with zero attached hydrogens (tertiary/aromatic N) is 8. The van der Waals surface area contributed by atoms with E-state index in [1.54, 1.807) is 31.3 Å². The van der Waals surface area contributed by atoms with Gasteiger partial charge in [0.25, 0.3) is 0 Å². The van der Waals surface area contributed by atoms with E-state index in [0.717, 1.165) is 20.7 Å². The Hall–Kier alpha value is -5.60. The Morgan fingerprint density at radius 2 is 1.57 bits per heavy atom. The SMILES string of the molecule is CCN(C)S(=O)(=O)Nc1cccc(-c2nc(C3CCN(C(=O)C4CCN(C(=O)C5CCN(c6ccc([C@H]7CCC(=O)NC7=O)cn6)CC5)CC4)CC3)sc2-c2ccnc(N)n2)c1F. The number of halogens is 1. The summed E-state index contributed by atoms with van der Waals surface area (Å²) in [5.41, 5.74) is 7.42. The number of imide groups is 1. The highest BCUT2D eigenvalue weighted by atomic mass is 32.2. The Kier molecular flexibility index (Phi) is 13.0. The Balaban J connectivity index is 0.848. The lowest BCUT2D eigenvalue weighted by Crippen LogP contribution is -2.48. The van der Waals surface area contributed by atoms with Gasteiger partial charge in [-0.1, -0.05) is 19.1 Å². The van der Waals surface area contributed by atoms with Crippen LogP contribution in [0.3, 0.4) is 0 Å². The molecule has 17 nitrogen and oxygen atoms in total. The van der Waals surface area contributed by atoms with E-state index < -0.39 is 16.0 Å². The molecular weight excluding hydrogens is 850 g/mol. The molecule has 4 saturated heterocycles. The molecule has 4 amide bonds. The van der Waals surface area contributed by atoms with Gasteiger partial charge >= 0.3 is 10.2 Å². The van der Waals surface area contributed by atoms with E-state index in [4.69, 9.17) is 10.7 Å². The number of carbonyl (C=O) groups excluding carboxylic acids is 4. The van der Waals surface area contributed by atoms with Crippen molar-refractivity contribution in [2.75, 3.05) is 68.2 Å².